The molecule has 2 rings (SSSR count). The number of methoxy groups -OCH3 is 1. The highest BCUT2D eigenvalue weighted by Gasteiger charge is 2.32. The Kier molecular flexibility index (Phi) is 10.3. The Morgan fingerprint density at radius 3 is 2.66 bits per heavy atom. The fourth-order valence-electron chi connectivity index (χ4n) is 4.29. The van der Waals surface area contributed by atoms with Crippen LogP contribution in [0.4, 0.5) is 0 Å². The molecule has 0 bridgehead atoms. The predicted octanol–water partition coefficient (Wildman–Crippen LogP) is 6.47. The Morgan fingerprint density at radius 1 is 1.28 bits per heavy atom. The Hall–Kier alpha value is -1.78. The van der Waals surface area contributed by atoms with E-state index < -0.39 is 19.5 Å². The summed E-state index contributed by atoms with van der Waals surface area (Å²) >= 11 is 0. The molecule has 0 fully saturated rings. The van der Waals surface area contributed by atoms with Gasteiger partial charge in [0.15, 0.2) is 0 Å². The number of aromatic hydroxyl groups is 1. The first kappa shape index (κ1) is 26.5. The number of benzene rings is 1. The van der Waals surface area contributed by atoms with Crippen LogP contribution in [-0.2, 0) is 20.5 Å². The molecule has 0 aliphatic heterocycles. The Balaban J connectivity index is 2.46. The fraction of sp³-hybridized carbons (Fsp3) is 0.640. The number of nitrogens with one attached hydrogen (secondary N) is 1. The summed E-state index contributed by atoms with van der Waals surface area (Å²) in [6, 6.07) is 2.99. The van der Waals surface area contributed by atoms with Crippen molar-refractivity contribution in [2.75, 3.05) is 13.3 Å². The summed E-state index contributed by atoms with van der Waals surface area (Å²) in [5, 5.41) is 13.9. The minimum atomic E-state index is -3.41. The summed E-state index contributed by atoms with van der Waals surface area (Å²) in [7, 11) is -2.11. The Labute approximate surface area is 193 Å². The van der Waals surface area contributed by atoms with E-state index in [2.05, 4.69) is 25.0 Å². The van der Waals surface area contributed by atoms with E-state index in [0.717, 1.165) is 50.5 Å². The van der Waals surface area contributed by atoms with Crippen LogP contribution in [0.15, 0.2) is 23.8 Å². The third-order valence-electron chi connectivity index (χ3n) is 5.90. The summed E-state index contributed by atoms with van der Waals surface area (Å²) in [5.74, 6) is 0.159. The number of rotatable bonds is 12. The molecule has 1 aromatic rings. The van der Waals surface area contributed by atoms with E-state index in [1.54, 1.807) is 6.92 Å². The van der Waals surface area contributed by atoms with Crippen molar-refractivity contribution < 1.29 is 23.7 Å². The molecule has 32 heavy (non-hydrogen) atoms. The number of phenols is 1. The molecule has 0 radical (unpaired) electrons. The Bertz CT molecular complexity index is 851. The SMILES string of the molecule is CCCCCc1cc(O)c(C2C=C(C)CCC2)c(OP(=O)(CCC)N[C@@H](C)C(=O)OC)c1. The second kappa shape index (κ2) is 12.5. The highest BCUT2D eigenvalue weighted by atomic mass is 31.2. The second-order valence-corrected chi connectivity index (χ2v) is 11.1. The summed E-state index contributed by atoms with van der Waals surface area (Å²) in [6.45, 7) is 7.80. The molecule has 0 spiro atoms. The highest BCUT2D eigenvalue weighted by Crippen LogP contribution is 2.50. The molecule has 7 heteroatoms. The highest BCUT2D eigenvalue weighted by molar-refractivity contribution is 7.57. The normalized spacial score (nSPS) is 19.0. The largest absolute Gasteiger partial charge is 0.507 e. The average Bonchev–Trinajstić information content (AvgIpc) is 2.73. The van der Waals surface area contributed by atoms with E-state index in [4.69, 9.17) is 9.26 Å². The maximum atomic E-state index is 13.8. The van der Waals surface area contributed by atoms with E-state index in [-0.39, 0.29) is 17.8 Å². The number of carbonyl (C=O) groups excluding carboxylic acids is 1. The average molecular weight is 466 g/mol. The quantitative estimate of drug-likeness (QED) is 0.159. The molecule has 2 unspecified atom stereocenters. The maximum absolute atomic E-state index is 13.8. The second-order valence-electron chi connectivity index (χ2n) is 8.86. The molecule has 1 aromatic carbocycles. The standard InChI is InChI=1S/C25H40NO5P/c1-6-8-9-12-20-16-22(27)24(21-13-10-11-18(3)15-21)23(17-20)31-32(29,14-7-2)26-19(4)25(28)30-5/h15-17,19,21,27H,6-14H2,1-5H3,(H,26,29)/t19-,21?,32?/m0/s1. The molecule has 180 valence electrons. The lowest BCUT2D eigenvalue weighted by Crippen LogP contribution is -2.34. The van der Waals surface area contributed by atoms with Crippen LogP contribution in [0.1, 0.15) is 89.7 Å². The number of phenolic OH excluding ortho intramolecular Hbond substituents is 1. The minimum absolute atomic E-state index is 0.0107. The zero-order valence-electron chi connectivity index (χ0n) is 20.3. The molecule has 0 saturated carbocycles. The smallest absolute Gasteiger partial charge is 0.323 e. The monoisotopic (exact) mass is 465 g/mol. The lowest BCUT2D eigenvalue weighted by atomic mass is 9.84. The molecular formula is C25H40NO5P. The van der Waals surface area contributed by atoms with Crippen LogP contribution in [-0.4, -0.2) is 30.4 Å². The van der Waals surface area contributed by atoms with Gasteiger partial charge >= 0.3 is 13.5 Å². The topological polar surface area (TPSA) is 84.9 Å². The van der Waals surface area contributed by atoms with Crippen LogP contribution in [0.2, 0.25) is 0 Å². The summed E-state index contributed by atoms with van der Waals surface area (Å²) in [6.07, 6.45) is 10.1. The van der Waals surface area contributed by atoms with Crippen molar-refractivity contribution in [3.63, 3.8) is 0 Å². The number of hydrogen-bond donors (Lipinski definition) is 2. The van der Waals surface area contributed by atoms with Gasteiger partial charge in [-0.25, -0.2) is 5.09 Å². The van der Waals surface area contributed by atoms with Crippen molar-refractivity contribution >= 4 is 13.5 Å². The zero-order valence-corrected chi connectivity index (χ0v) is 21.2. The van der Waals surface area contributed by atoms with Crippen molar-refractivity contribution in [3.05, 3.63) is 34.9 Å². The fourth-order valence-corrected chi connectivity index (χ4v) is 6.32. The molecule has 6 nitrogen and oxygen atoms in total. The van der Waals surface area contributed by atoms with E-state index in [9.17, 15) is 14.5 Å². The molecule has 1 aliphatic carbocycles. The third kappa shape index (κ3) is 7.38. The van der Waals surface area contributed by atoms with Gasteiger partial charge in [-0.1, -0.05) is 38.3 Å². The first-order valence-electron chi connectivity index (χ1n) is 11.9. The van der Waals surface area contributed by atoms with Crippen LogP contribution in [0.3, 0.4) is 0 Å². The van der Waals surface area contributed by atoms with Gasteiger partial charge in [0.05, 0.1) is 7.11 Å². The minimum Gasteiger partial charge on any atom is -0.507 e. The van der Waals surface area contributed by atoms with Crippen LogP contribution in [0, 0.1) is 0 Å². The van der Waals surface area contributed by atoms with Crippen molar-refractivity contribution in [1.82, 2.24) is 5.09 Å². The van der Waals surface area contributed by atoms with Crippen LogP contribution in [0.5, 0.6) is 11.5 Å². The lowest BCUT2D eigenvalue weighted by Gasteiger charge is -2.28. The van der Waals surface area contributed by atoms with Gasteiger partial charge in [-0.2, -0.15) is 0 Å². The van der Waals surface area contributed by atoms with Gasteiger partial charge in [0.25, 0.3) is 0 Å². The predicted molar refractivity (Wildman–Crippen MR) is 130 cm³/mol. The van der Waals surface area contributed by atoms with Gasteiger partial charge in [0, 0.05) is 17.6 Å². The Morgan fingerprint density at radius 2 is 2.03 bits per heavy atom. The first-order valence-corrected chi connectivity index (χ1v) is 13.7. The molecule has 3 atom stereocenters. The van der Waals surface area contributed by atoms with Gasteiger partial charge in [0.1, 0.15) is 17.5 Å². The first-order chi connectivity index (χ1) is 15.2. The molecule has 0 amide bonds. The number of hydrogen-bond acceptors (Lipinski definition) is 5. The van der Waals surface area contributed by atoms with Gasteiger partial charge in [0.2, 0.25) is 0 Å². The van der Waals surface area contributed by atoms with Crippen molar-refractivity contribution in [3.8, 4) is 11.5 Å². The zero-order chi connectivity index (χ0) is 23.7. The summed E-state index contributed by atoms with van der Waals surface area (Å²) < 4.78 is 24.7. The third-order valence-corrected chi connectivity index (χ3v) is 8.21. The number of ether oxygens (including phenoxy) is 1. The van der Waals surface area contributed by atoms with Gasteiger partial charge in [-0.3, -0.25) is 9.36 Å². The number of esters is 1. The van der Waals surface area contributed by atoms with E-state index in [1.807, 2.05) is 19.1 Å². The number of aryl methyl sites for hydroxylation is 1. The molecule has 0 heterocycles. The van der Waals surface area contributed by atoms with Crippen LogP contribution in [0.25, 0.3) is 0 Å². The van der Waals surface area contributed by atoms with Gasteiger partial charge in [-0.15, -0.1) is 0 Å². The van der Waals surface area contributed by atoms with Crippen molar-refractivity contribution in [2.24, 2.45) is 0 Å². The van der Waals surface area contributed by atoms with E-state index in [0.29, 0.717) is 17.7 Å². The molecular weight excluding hydrogens is 425 g/mol. The summed E-state index contributed by atoms with van der Waals surface area (Å²) in [4.78, 5) is 11.9. The molecule has 0 aromatic heterocycles. The molecule has 0 saturated heterocycles. The number of unbranched alkanes of at least 4 members (excludes halogenated alkanes) is 2. The summed E-state index contributed by atoms with van der Waals surface area (Å²) in [5.41, 5.74) is 2.94. The molecule has 1 aliphatic rings. The number of allylic oxidation sites excluding steroid dienone is 2. The number of carbonyl (C=O) groups is 1. The van der Waals surface area contributed by atoms with Crippen LogP contribution >= 0.6 is 7.52 Å². The van der Waals surface area contributed by atoms with E-state index >= 15 is 0 Å². The molecule has 2 N–H and O–H groups in total. The van der Waals surface area contributed by atoms with Crippen LogP contribution < -0.4 is 9.61 Å². The maximum Gasteiger partial charge on any atom is 0.323 e. The van der Waals surface area contributed by atoms with Crippen molar-refractivity contribution in [1.29, 1.82) is 0 Å². The van der Waals surface area contributed by atoms with E-state index in [1.165, 1.54) is 12.7 Å². The van der Waals surface area contributed by atoms with Crippen molar-refractivity contribution in [2.45, 2.75) is 91.0 Å². The van der Waals surface area contributed by atoms with Gasteiger partial charge in [-0.05, 0) is 70.1 Å². The lowest BCUT2D eigenvalue weighted by molar-refractivity contribution is -0.142. The van der Waals surface area contributed by atoms with Gasteiger partial charge < -0.3 is 14.4 Å².